The molecule has 0 saturated carbocycles. The van der Waals surface area contributed by atoms with Crippen LogP contribution in [0.4, 0.5) is 9.59 Å². The van der Waals surface area contributed by atoms with Crippen LogP contribution >= 0.6 is 0 Å². The Labute approximate surface area is 119 Å². The second-order valence-corrected chi connectivity index (χ2v) is 4.41. The van der Waals surface area contributed by atoms with Crippen LogP contribution in [0.25, 0.3) is 0 Å². The maximum atomic E-state index is 10.6. The lowest BCUT2D eigenvalue weighted by molar-refractivity contribution is 0.120. The van der Waals surface area contributed by atoms with E-state index in [1.807, 2.05) is 0 Å². The van der Waals surface area contributed by atoms with Crippen LogP contribution < -0.4 is 11.5 Å². The molecule has 0 spiro atoms. The van der Waals surface area contributed by atoms with E-state index in [4.69, 9.17) is 20.9 Å². The Morgan fingerprint density at radius 1 is 0.850 bits per heavy atom. The fraction of sp³-hybridized carbons (Fsp3) is 0.571. The summed E-state index contributed by atoms with van der Waals surface area (Å²) < 4.78 is 9.68. The summed E-state index contributed by atoms with van der Waals surface area (Å²) in [6.45, 7) is 7.17. The Hall–Kier alpha value is -1.98. The first kappa shape index (κ1) is 18.0. The lowest BCUT2D eigenvalue weighted by Gasteiger charge is -2.13. The van der Waals surface area contributed by atoms with Gasteiger partial charge in [0.25, 0.3) is 0 Å². The highest BCUT2D eigenvalue weighted by molar-refractivity contribution is 5.65. The number of hydrogen-bond donors (Lipinski definition) is 2. The first-order valence-electron chi connectivity index (χ1n) is 6.66. The van der Waals surface area contributed by atoms with Crippen molar-refractivity contribution in [3.63, 3.8) is 0 Å². The molecule has 2 atom stereocenters. The van der Waals surface area contributed by atoms with Gasteiger partial charge in [0.05, 0.1) is 0 Å². The van der Waals surface area contributed by atoms with Gasteiger partial charge in [0.2, 0.25) is 0 Å². The minimum absolute atomic E-state index is 0.327. The highest BCUT2D eigenvalue weighted by Crippen LogP contribution is 2.12. The third kappa shape index (κ3) is 9.99. The lowest BCUT2D eigenvalue weighted by atomic mass is 10.1. The third-order valence-electron chi connectivity index (χ3n) is 2.79. The molecule has 0 radical (unpaired) electrons. The number of carbonyl (C=O) groups excluding carboxylic acids is 2. The summed E-state index contributed by atoms with van der Waals surface area (Å²) in [5.74, 6) is 0. The summed E-state index contributed by atoms with van der Waals surface area (Å²) in [6, 6.07) is 0. The van der Waals surface area contributed by atoms with Crippen LogP contribution in [0, 0.1) is 0 Å². The van der Waals surface area contributed by atoms with Crippen molar-refractivity contribution >= 4 is 12.2 Å². The van der Waals surface area contributed by atoms with E-state index in [9.17, 15) is 9.59 Å². The Balaban J connectivity index is 3.65. The molecule has 0 aromatic carbocycles. The largest absolute Gasteiger partial charge is 0.442 e. The van der Waals surface area contributed by atoms with Crippen LogP contribution in [-0.4, -0.2) is 24.4 Å². The van der Waals surface area contributed by atoms with Gasteiger partial charge in [-0.1, -0.05) is 38.2 Å². The number of amides is 2. The summed E-state index contributed by atoms with van der Waals surface area (Å²) in [7, 11) is 0. The van der Waals surface area contributed by atoms with Gasteiger partial charge in [0.1, 0.15) is 12.2 Å². The van der Waals surface area contributed by atoms with E-state index in [-0.39, 0.29) is 12.2 Å². The van der Waals surface area contributed by atoms with Gasteiger partial charge in [-0.3, -0.25) is 0 Å². The zero-order chi connectivity index (χ0) is 15.4. The number of primary amides is 2. The van der Waals surface area contributed by atoms with E-state index in [2.05, 4.69) is 13.2 Å². The molecule has 0 aliphatic rings. The molecule has 6 heteroatoms. The molecule has 0 saturated heterocycles. The lowest BCUT2D eigenvalue weighted by Crippen LogP contribution is -2.21. The van der Waals surface area contributed by atoms with Gasteiger partial charge in [-0.25, -0.2) is 9.59 Å². The standard InChI is InChI=1S/C14H24N2O4/c1-3-11(19-13(15)17)9-7-5-6-8-10-12(4-2)20-14(16)18/h3-4,11-12H,1-2,5-10H2,(H2,15,17)(H2,16,18). The van der Waals surface area contributed by atoms with Crippen molar-refractivity contribution in [2.75, 3.05) is 0 Å². The van der Waals surface area contributed by atoms with Gasteiger partial charge in [0.15, 0.2) is 0 Å². The fourth-order valence-corrected chi connectivity index (χ4v) is 1.79. The summed E-state index contributed by atoms with van der Waals surface area (Å²) in [5.41, 5.74) is 9.88. The number of unbranched alkanes of at least 4 members (excludes halogenated alkanes) is 3. The fourth-order valence-electron chi connectivity index (χ4n) is 1.79. The van der Waals surface area contributed by atoms with Crippen LogP contribution in [0.5, 0.6) is 0 Å². The summed E-state index contributed by atoms with van der Waals surface area (Å²) in [5, 5.41) is 0. The van der Waals surface area contributed by atoms with Crippen LogP contribution in [0.15, 0.2) is 25.3 Å². The normalized spacial score (nSPS) is 13.0. The van der Waals surface area contributed by atoms with Crippen LogP contribution in [0.2, 0.25) is 0 Å². The van der Waals surface area contributed by atoms with E-state index >= 15 is 0 Å². The molecule has 6 nitrogen and oxygen atoms in total. The monoisotopic (exact) mass is 284 g/mol. The van der Waals surface area contributed by atoms with Gasteiger partial charge >= 0.3 is 12.2 Å². The molecule has 0 fully saturated rings. The van der Waals surface area contributed by atoms with Crippen LogP contribution in [-0.2, 0) is 9.47 Å². The minimum atomic E-state index is -0.785. The number of ether oxygens (including phenoxy) is 2. The van der Waals surface area contributed by atoms with Crippen LogP contribution in [0.3, 0.4) is 0 Å². The number of carbonyl (C=O) groups is 2. The molecule has 4 N–H and O–H groups in total. The summed E-state index contributed by atoms with van der Waals surface area (Å²) in [6.07, 6.45) is 6.08. The van der Waals surface area contributed by atoms with Crippen molar-refractivity contribution in [3.8, 4) is 0 Å². The smallest absolute Gasteiger partial charge is 0.405 e. The van der Waals surface area contributed by atoms with Crippen molar-refractivity contribution in [1.82, 2.24) is 0 Å². The number of nitrogens with two attached hydrogens (primary N) is 2. The first-order chi connectivity index (χ1) is 9.49. The van der Waals surface area contributed by atoms with Crippen molar-refractivity contribution in [2.24, 2.45) is 11.5 Å². The second-order valence-electron chi connectivity index (χ2n) is 4.41. The zero-order valence-electron chi connectivity index (χ0n) is 11.8. The van der Waals surface area contributed by atoms with Gasteiger partial charge in [0, 0.05) is 0 Å². The van der Waals surface area contributed by atoms with E-state index in [1.54, 1.807) is 12.2 Å². The van der Waals surface area contributed by atoms with E-state index in [1.165, 1.54) is 0 Å². The van der Waals surface area contributed by atoms with E-state index in [0.717, 1.165) is 25.7 Å². The average molecular weight is 284 g/mol. The molecule has 0 heterocycles. The molecule has 2 unspecified atom stereocenters. The van der Waals surface area contributed by atoms with Gasteiger partial charge in [-0.05, 0) is 25.7 Å². The highest BCUT2D eigenvalue weighted by atomic mass is 16.6. The molecule has 0 aromatic rings. The molecule has 0 aliphatic heterocycles. The van der Waals surface area contributed by atoms with E-state index < -0.39 is 12.2 Å². The topological polar surface area (TPSA) is 105 Å². The quantitative estimate of drug-likeness (QED) is 0.449. The second kappa shape index (κ2) is 10.9. The van der Waals surface area contributed by atoms with E-state index in [0.29, 0.717) is 12.8 Å². The van der Waals surface area contributed by atoms with Crippen molar-refractivity contribution in [3.05, 3.63) is 25.3 Å². The molecule has 2 amide bonds. The Kier molecular flexibility index (Phi) is 9.82. The minimum Gasteiger partial charge on any atom is -0.442 e. The predicted molar refractivity (Wildman–Crippen MR) is 77.0 cm³/mol. The molecule has 20 heavy (non-hydrogen) atoms. The van der Waals surface area contributed by atoms with Gasteiger partial charge < -0.3 is 20.9 Å². The van der Waals surface area contributed by atoms with Crippen LogP contribution in [0.1, 0.15) is 38.5 Å². The van der Waals surface area contributed by atoms with Gasteiger partial charge in [-0.2, -0.15) is 0 Å². The molecule has 0 bridgehead atoms. The maximum absolute atomic E-state index is 10.6. The predicted octanol–water partition coefficient (Wildman–Crippen LogP) is 2.63. The average Bonchev–Trinajstić information content (AvgIpc) is 2.38. The Bertz CT molecular complexity index is 299. The molecule has 0 aliphatic carbocycles. The summed E-state index contributed by atoms with van der Waals surface area (Å²) >= 11 is 0. The Morgan fingerprint density at radius 2 is 1.20 bits per heavy atom. The number of rotatable bonds is 11. The van der Waals surface area contributed by atoms with Crippen molar-refractivity contribution in [2.45, 2.75) is 50.7 Å². The molecule has 114 valence electrons. The molecule has 0 aromatic heterocycles. The number of hydrogen-bond acceptors (Lipinski definition) is 4. The third-order valence-corrected chi connectivity index (χ3v) is 2.79. The van der Waals surface area contributed by atoms with Gasteiger partial charge in [-0.15, -0.1) is 0 Å². The van der Waals surface area contributed by atoms with Crippen molar-refractivity contribution in [1.29, 1.82) is 0 Å². The van der Waals surface area contributed by atoms with Crippen molar-refractivity contribution < 1.29 is 19.1 Å². The summed E-state index contributed by atoms with van der Waals surface area (Å²) in [4.78, 5) is 21.2. The Morgan fingerprint density at radius 3 is 1.45 bits per heavy atom. The highest BCUT2D eigenvalue weighted by Gasteiger charge is 2.09. The zero-order valence-corrected chi connectivity index (χ0v) is 11.8. The molecule has 0 rings (SSSR count). The first-order valence-corrected chi connectivity index (χ1v) is 6.66. The molecular formula is C14H24N2O4. The maximum Gasteiger partial charge on any atom is 0.405 e. The molecular weight excluding hydrogens is 260 g/mol. The SMILES string of the molecule is C=CC(CCCCCCC(C=C)OC(N)=O)OC(N)=O.